The molecule has 0 saturated carbocycles. The summed E-state index contributed by atoms with van der Waals surface area (Å²) in [5.74, 6) is 0.0627. The summed E-state index contributed by atoms with van der Waals surface area (Å²) in [6.07, 6.45) is 4.72. The molecule has 3 rings (SSSR count). The minimum atomic E-state index is -0.198. The molecule has 2 aromatic heterocycles. The molecule has 3 heterocycles. The Hall–Kier alpha value is -2.88. The van der Waals surface area contributed by atoms with Crippen LogP contribution in [0.2, 0.25) is 0 Å². The van der Waals surface area contributed by atoms with Gasteiger partial charge in [0.25, 0.3) is 5.56 Å². The number of aromatic amines is 1. The van der Waals surface area contributed by atoms with Gasteiger partial charge >= 0.3 is 0 Å². The molecule has 1 aliphatic rings. The lowest BCUT2D eigenvalue weighted by atomic mass is 9.95. The Kier molecular flexibility index (Phi) is 4.45. The van der Waals surface area contributed by atoms with Gasteiger partial charge in [0.15, 0.2) is 5.65 Å². The van der Waals surface area contributed by atoms with Crippen LogP contribution in [0.3, 0.4) is 0 Å². The van der Waals surface area contributed by atoms with E-state index in [1.807, 2.05) is 26.8 Å². The number of carbonyl (C=O) groups excluding carboxylic acids is 1. The summed E-state index contributed by atoms with van der Waals surface area (Å²) < 4.78 is 1.32. The molecule has 7 nitrogen and oxygen atoms in total. The van der Waals surface area contributed by atoms with Gasteiger partial charge in [-0.25, -0.2) is 9.50 Å². The summed E-state index contributed by atoms with van der Waals surface area (Å²) in [6, 6.07) is 2.05. The van der Waals surface area contributed by atoms with E-state index < -0.39 is 0 Å². The first-order valence-electron chi connectivity index (χ1n) is 8.49. The molecular formula is C18H21N5O2. The van der Waals surface area contributed by atoms with Crippen molar-refractivity contribution < 1.29 is 4.79 Å². The van der Waals surface area contributed by atoms with Gasteiger partial charge in [0.05, 0.1) is 5.69 Å². The largest absolute Gasteiger partial charge is 0.338 e. The second kappa shape index (κ2) is 6.55. The second-order valence-corrected chi connectivity index (χ2v) is 6.48. The number of nitriles is 1. The number of fused-ring (bicyclic) bond motifs is 1. The molecule has 0 atom stereocenters. The normalized spacial score (nSPS) is 14.7. The molecule has 1 amide bonds. The number of rotatable bonds is 3. The zero-order valence-electron chi connectivity index (χ0n) is 14.7. The molecule has 0 aromatic carbocycles. The molecule has 130 valence electrons. The SMILES string of the molecule is CCC(=O)N1CCC=C(c2nc3c(C#N)c[nH]n3c(=O)c2C(C)C)C1. The van der Waals surface area contributed by atoms with Crippen molar-refractivity contribution in [3.63, 3.8) is 0 Å². The van der Waals surface area contributed by atoms with Crippen LogP contribution in [0.15, 0.2) is 17.1 Å². The van der Waals surface area contributed by atoms with Gasteiger partial charge in [-0.3, -0.25) is 14.7 Å². The maximum Gasteiger partial charge on any atom is 0.276 e. The van der Waals surface area contributed by atoms with E-state index in [-0.39, 0.29) is 17.4 Å². The predicted molar refractivity (Wildman–Crippen MR) is 94.1 cm³/mol. The lowest BCUT2D eigenvalue weighted by Gasteiger charge is -2.28. The summed E-state index contributed by atoms with van der Waals surface area (Å²) in [5, 5.41) is 12.1. The van der Waals surface area contributed by atoms with Crippen molar-refractivity contribution in [1.29, 1.82) is 5.26 Å². The van der Waals surface area contributed by atoms with E-state index in [9.17, 15) is 14.9 Å². The first-order chi connectivity index (χ1) is 12.0. The molecule has 0 spiro atoms. The first-order valence-corrected chi connectivity index (χ1v) is 8.49. The molecule has 7 heteroatoms. The molecule has 1 aliphatic heterocycles. The Labute approximate surface area is 145 Å². The van der Waals surface area contributed by atoms with Crippen LogP contribution in [-0.2, 0) is 4.79 Å². The number of H-pyrrole nitrogens is 1. The summed E-state index contributed by atoms with van der Waals surface area (Å²) in [4.78, 5) is 31.4. The van der Waals surface area contributed by atoms with Crippen LogP contribution in [0.1, 0.15) is 56.4 Å². The third-order valence-electron chi connectivity index (χ3n) is 4.51. The molecule has 0 aliphatic carbocycles. The van der Waals surface area contributed by atoms with Gasteiger partial charge in [0, 0.05) is 31.3 Å². The topological polar surface area (TPSA) is 94.3 Å². The van der Waals surface area contributed by atoms with Crippen LogP contribution in [-0.4, -0.2) is 38.5 Å². The lowest BCUT2D eigenvalue weighted by Crippen LogP contribution is -2.36. The van der Waals surface area contributed by atoms with E-state index in [2.05, 4.69) is 16.2 Å². The molecule has 0 unspecified atom stereocenters. The van der Waals surface area contributed by atoms with Crippen molar-refractivity contribution in [1.82, 2.24) is 19.5 Å². The van der Waals surface area contributed by atoms with Gasteiger partial charge in [-0.05, 0) is 17.9 Å². The Morgan fingerprint density at radius 3 is 2.88 bits per heavy atom. The molecule has 0 radical (unpaired) electrons. The Morgan fingerprint density at radius 2 is 2.24 bits per heavy atom. The molecular weight excluding hydrogens is 318 g/mol. The molecule has 1 N–H and O–H groups in total. The highest BCUT2D eigenvalue weighted by Gasteiger charge is 2.25. The zero-order valence-corrected chi connectivity index (χ0v) is 14.7. The number of hydrogen-bond acceptors (Lipinski definition) is 4. The van der Waals surface area contributed by atoms with Crippen LogP contribution in [0.4, 0.5) is 0 Å². The van der Waals surface area contributed by atoms with E-state index >= 15 is 0 Å². The van der Waals surface area contributed by atoms with Gasteiger partial charge in [0.1, 0.15) is 11.6 Å². The highest BCUT2D eigenvalue weighted by atomic mass is 16.2. The smallest absolute Gasteiger partial charge is 0.276 e. The molecule has 0 bridgehead atoms. The van der Waals surface area contributed by atoms with E-state index in [4.69, 9.17) is 0 Å². The van der Waals surface area contributed by atoms with Crippen LogP contribution in [0.5, 0.6) is 0 Å². The quantitative estimate of drug-likeness (QED) is 0.926. The van der Waals surface area contributed by atoms with Gasteiger partial charge in [-0.1, -0.05) is 26.8 Å². The maximum atomic E-state index is 12.9. The summed E-state index contributed by atoms with van der Waals surface area (Å²) in [7, 11) is 0. The van der Waals surface area contributed by atoms with Gasteiger partial charge in [-0.15, -0.1) is 0 Å². The number of aromatic nitrogens is 3. The maximum absolute atomic E-state index is 12.9. The summed E-state index contributed by atoms with van der Waals surface area (Å²) >= 11 is 0. The summed E-state index contributed by atoms with van der Waals surface area (Å²) in [6.45, 7) is 6.86. The number of hydrogen-bond donors (Lipinski definition) is 1. The Balaban J connectivity index is 2.19. The van der Waals surface area contributed by atoms with E-state index in [1.54, 1.807) is 4.90 Å². The van der Waals surface area contributed by atoms with Crippen molar-refractivity contribution in [3.8, 4) is 6.07 Å². The average Bonchev–Trinajstić information content (AvgIpc) is 3.04. The van der Waals surface area contributed by atoms with Crippen molar-refractivity contribution in [2.24, 2.45) is 0 Å². The second-order valence-electron chi connectivity index (χ2n) is 6.48. The molecule has 25 heavy (non-hydrogen) atoms. The van der Waals surface area contributed by atoms with E-state index in [1.165, 1.54) is 10.7 Å². The van der Waals surface area contributed by atoms with E-state index in [0.29, 0.717) is 42.0 Å². The highest BCUT2D eigenvalue weighted by Crippen LogP contribution is 2.26. The van der Waals surface area contributed by atoms with Crippen molar-refractivity contribution >= 4 is 17.1 Å². The van der Waals surface area contributed by atoms with E-state index in [0.717, 1.165) is 12.0 Å². The van der Waals surface area contributed by atoms with Crippen LogP contribution in [0.25, 0.3) is 11.2 Å². The highest BCUT2D eigenvalue weighted by molar-refractivity contribution is 5.80. The molecule has 2 aromatic rings. The van der Waals surface area contributed by atoms with Crippen molar-refractivity contribution in [2.75, 3.05) is 13.1 Å². The standard InChI is InChI=1S/C18H21N5O2/c1-4-14(24)22-7-5-6-12(10-22)16-15(11(2)3)18(25)23-17(21-16)13(8-19)9-20-23/h6,9,11,20H,4-5,7,10H2,1-3H3. The molecule has 0 fully saturated rings. The Morgan fingerprint density at radius 1 is 1.48 bits per heavy atom. The fourth-order valence-corrected chi connectivity index (χ4v) is 3.23. The third-order valence-corrected chi connectivity index (χ3v) is 4.51. The van der Waals surface area contributed by atoms with Gasteiger partial charge in [-0.2, -0.15) is 5.26 Å². The third kappa shape index (κ3) is 2.84. The van der Waals surface area contributed by atoms with Crippen LogP contribution >= 0.6 is 0 Å². The van der Waals surface area contributed by atoms with Crippen molar-refractivity contribution in [2.45, 2.75) is 39.5 Å². The summed E-state index contributed by atoms with van der Waals surface area (Å²) in [5.41, 5.74) is 2.53. The minimum absolute atomic E-state index is 0.0288. The van der Waals surface area contributed by atoms with Crippen LogP contribution < -0.4 is 5.56 Å². The number of nitrogens with zero attached hydrogens (tertiary/aromatic N) is 4. The zero-order chi connectivity index (χ0) is 18.1. The average molecular weight is 339 g/mol. The fourth-order valence-electron chi connectivity index (χ4n) is 3.23. The monoisotopic (exact) mass is 339 g/mol. The van der Waals surface area contributed by atoms with Gasteiger partial charge < -0.3 is 4.90 Å². The Bertz CT molecular complexity index is 958. The lowest BCUT2D eigenvalue weighted by molar-refractivity contribution is -0.130. The number of amides is 1. The fraction of sp³-hybridized carbons (Fsp3) is 0.444. The predicted octanol–water partition coefficient (Wildman–Crippen LogP) is 2.04. The molecule has 0 saturated heterocycles. The van der Waals surface area contributed by atoms with Gasteiger partial charge in [0.2, 0.25) is 5.91 Å². The first kappa shape index (κ1) is 17.0. The van der Waals surface area contributed by atoms with Crippen molar-refractivity contribution in [3.05, 3.63) is 39.4 Å². The number of nitrogens with one attached hydrogen (secondary N) is 1. The van der Waals surface area contributed by atoms with Crippen LogP contribution in [0, 0.1) is 11.3 Å². The minimum Gasteiger partial charge on any atom is -0.338 e. The number of carbonyl (C=O) groups is 1.